The van der Waals surface area contributed by atoms with Crippen molar-refractivity contribution in [2.24, 2.45) is 0 Å². The zero-order valence-corrected chi connectivity index (χ0v) is 12.5. The Kier molecular flexibility index (Phi) is 3.61. The number of halogens is 1. The lowest BCUT2D eigenvalue weighted by Crippen LogP contribution is -2.27. The molecular weight excluding hydrogens is 310 g/mol. The van der Waals surface area contributed by atoms with Crippen molar-refractivity contribution in [1.82, 2.24) is 4.98 Å². The summed E-state index contributed by atoms with van der Waals surface area (Å²) in [5.74, 6) is 0.437. The maximum absolute atomic E-state index is 12.3. The van der Waals surface area contributed by atoms with Crippen LogP contribution in [-0.4, -0.2) is 17.9 Å². The van der Waals surface area contributed by atoms with E-state index in [9.17, 15) is 4.79 Å². The molecule has 1 heterocycles. The van der Waals surface area contributed by atoms with Crippen LogP contribution in [0.1, 0.15) is 22.1 Å². The van der Waals surface area contributed by atoms with Gasteiger partial charge < -0.3 is 15.1 Å². The summed E-state index contributed by atoms with van der Waals surface area (Å²) < 4.78 is 6.19. The molecule has 0 aliphatic heterocycles. The van der Waals surface area contributed by atoms with Crippen molar-refractivity contribution >= 4 is 33.2 Å². The van der Waals surface area contributed by atoms with Gasteiger partial charge in [-0.25, -0.2) is 4.98 Å². The number of nitrogen functional groups attached to an aromatic ring is 1. The van der Waals surface area contributed by atoms with Crippen LogP contribution in [0.25, 0.3) is 0 Å². The number of rotatable bonds is 2. The summed E-state index contributed by atoms with van der Waals surface area (Å²) in [6.45, 7) is 3.44. The number of oxazole rings is 1. The minimum absolute atomic E-state index is 0.238. The number of anilines is 2. The standard InChI is InChI=1S/C13H14BrN3O2/c1-7-12(19-8(2)16-7)13(18)17(3)11-5-4-9(14)6-10(11)15/h4-6H,15H2,1-3H3. The van der Waals surface area contributed by atoms with Gasteiger partial charge in [0.25, 0.3) is 5.91 Å². The lowest BCUT2D eigenvalue weighted by Gasteiger charge is -2.18. The number of amides is 1. The molecule has 100 valence electrons. The number of carbonyl (C=O) groups excluding carboxylic acids is 1. The highest BCUT2D eigenvalue weighted by Crippen LogP contribution is 2.27. The summed E-state index contributed by atoms with van der Waals surface area (Å²) >= 11 is 3.33. The average molecular weight is 324 g/mol. The fourth-order valence-electron chi connectivity index (χ4n) is 1.82. The smallest absolute Gasteiger partial charge is 0.295 e. The van der Waals surface area contributed by atoms with Gasteiger partial charge in [-0.15, -0.1) is 0 Å². The van der Waals surface area contributed by atoms with E-state index >= 15 is 0 Å². The molecule has 0 aliphatic rings. The van der Waals surface area contributed by atoms with Crippen LogP contribution in [0.3, 0.4) is 0 Å². The van der Waals surface area contributed by atoms with Crippen molar-refractivity contribution in [2.45, 2.75) is 13.8 Å². The molecule has 2 aromatic rings. The third-order valence-corrected chi connectivity index (χ3v) is 3.25. The van der Waals surface area contributed by atoms with Gasteiger partial charge in [-0.2, -0.15) is 0 Å². The molecule has 6 heteroatoms. The number of nitrogens with two attached hydrogens (primary N) is 1. The van der Waals surface area contributed by atoms with Crippen LogP contribution >= 0.6 is 15.9 Å². The zero-order chi connectivity index (χ0) is 14.2. The normalized spacial score (nSPS) is 10.5. The van der Waals surface area contributed by atoms with Crippen LogP contribution in [0.4, 0.5) is 11.4 Å². The summed E-state index contributed by atoms with van der Waals surface area (Å²) in [6.07, 6.45) is 0. The summed E-state index contributed by atoms with van der Waals surface area (Å²) in [4.78, 5) is 17.9. The highest BCUT2D eigenvalue weighted by molar-refractivity contribution is 9.10. The predicted octanol–water partition coefficient (Wildman–Crippen LogP) is 2.91. The van der Waals surface area contributed by atoms with Gasteiger partial charge in [-0.3, -0.25) is 4.79 Å². The first-order chi connectivity index (χ1) is 8.90. The minimum Gasteiger partial charge on any atom is -0.436 e. The second-order valence-corrected chi connectivity index (χ2v) is 5.13. The van der Waals surface area contributed by atoms with Gasteiger partial charge in [0.15, 0.2) is 5.89 Å². The summed E-state index contributed by atoms with van der Waals surface area (Å²) in [5, 5.41) is 0. The molecule has 0 bridgehead atoms. The zero-order valence-electron chi connectivity index (χ0n) is 10.9. The van der Waals surface area contributed by atoms with Crippen molar-refractivity contribution in [3.05, 3.63) is 40.0 Å². The molecule has 1 amide bonds. The number of aryl methyl sites for hydroxylation is 2. The van der Waals surface area contributed by atoms with E-state index in [0.717, 1.165) is 4.47 Å². The van der Waals surface area contributed by atoms with Gasteiger partial charge in [-0.1, -0.05) is 15.9 Å². The predicted molar refractivity (Wildman–Crippen MR) is 77.3 cm³/mol. The molecule has 1 aromatic heterocycles. The Morgan fingerprint density at radius 3 is 2.63 bits per heavy atom. The Hall–Kier alpha value is -1.82. The van der Waals surface area contributed by atoms with Crippen molar-refractivity contribution in [2.75, 3.05) is 17.7 Å². The average Bonchev–Trinajstić information content (AvgIpc) is 2.67. The van der Waals surface area contributed by atoms with Crippen LogP contribution in [0.2, 0.25) is 0 Å². The fraction of sp³-hybridized carbons (Fsp3) is 0.231. The Balaban J connectivity index is 2.36. The number of carbonyl (C=O) groups is 1. The molecule has 5 nitrogen and oxygen atoms in total. The minimum atomic E-state index is -0.271. The molecule has 0 radical (unpaired) electrons. The molecular formula is C13H14BrN3O2. The maximum atomic E-state index is 12.3. The molecule has 0 fully saturated rings. The van der Waals surface area contributed by atoms with Crippen molar-refractivity contribution in [3.63, 3.8) is 0 Å². The van der Waals surface area contributed by atoms with E-state index in [2.05, 4.69) is 20.9 Å². The first-order valence-electron chi connectivity index (χ1n) is 5.67. The van der Waals surface area contributed by atoms with Gasteiger partial charge in [0.05, 0.1) is 17.1 Å². The van der Waals surface area contributed by atoms with Gasteiger partial charge in [0, 0.05) is 18.4 Å². The van der Waals surface area contributed by atoms with Crippen molar-refractivity contribution < 1.29 is 9.21 Å². The van der Waals surface area contributed by atoms with Crippen LogP contribution in [0.15, 0.2) is 27.1 Å². The SMILES string of the molecule is Cc1nc(C)c(C(=O)N(C)c2ccc(Br)cc2N)o1. The largest absolute Gasteiger partial charge is 0.436 e. The number of hydrogen-bond donors (Lipinski definition) is 1. The monoisotopic (exact) mass is 323 g/mol. The highest BCUT2D eigenvalue weighted by Gasteiger charge is 2.22. The molecule has 0 saturated heterocycles. The molecule has 2 rings (SSSR count). The van der Waals surface area contributed by atoms with E-state index in [4.69, 9.17) is 10.2 Å². The maximum Gasteiger partial charge on any atom is 0.295 e. The quantitative estimate of drug-likeness (QED) is 0.862. The molecule has 2 N–H and O–H groups in total. The van der Waals surface area contributed by atoms with Gasteiger partial charge in [-0.05, 0) is 25.1 Å². The lowest BCUT2D eigenvalue weighted by atomic mass is 10.2. The highest BCUT2D eigenvalue weighted by atomic mass is 79.9. The summed E-state index contributed by atoms with van der Waals surface area (Å²) in [6, 6.07) is 5.35. The number of aromatic nitrogens is 1. The van der Waals surface area contributed by atoms with E-state index in [0.29, 0.717) is 23.0 Å². The second kappa shape index (κ2) is 5.05. The van der Waals surface area contributed by atoms with Crippen LogP contribution in [0, 0.1) is 13.8 Å². The van der Waals surface area contributed by atoms with Crippen molar-refractivity contribution in [1.29, 1.82) is 0 Å². The number of nitrogens with zero attached hydrogens (tertiary/aromatic N) is 2. The third-order valence-electron chi connectivity index (χ3n) is 2.75. The molecule has 1 aromatic carbocycles. The van der Waals surface area contributed by atoms with Crippen LogP contribution < -0.4 is 10.6 Å². The lowest BCUT2D eigenvalue weighted by molar-refractivity contribution is 0.0964. The van der Waals surface area contributed by atoms with Crippen LogP contribution in [-0.2, 0) is 0 Å². The molecule has 0 unspecified atom stereocenters. The second-order valence-electron chi connectivity index (χ2n) is 4.21. The number of hydrogen-bond acceptors (Lipinski definition) is 4. The van der Waals surface area contributed by atoms with E-state index in [-0.39, 0.29) is 11.7 Å². The molecule has 0 saturated carbocycles. The summed E-state index contributed by atoms with van der Waals surface area (Å²) in [7, 11) is 1.65. The molecule has 19 heavy (non-hydrogen) atoms. The van der Waals surface area contributed by atoms with Gasteiger partial charge in [0.2, 0.25) is 5.76 Å². The Morgan fingerprint density at radius 1 is 1.42 bits per heavy atom. The fourth-order valence-corrected chi connectivity index (χ4v) is 2.20. The van der Waals surface area contributed by atoms with Gasteiger partial charge >= 0.3 is 0 Å². The third kappa shape index (κ3) is 2.63. The van der Waals surface area contributed by atoms with Crippen LogP contribution in [0.5, 0.6) is 0 Å². The first-order valence-corrected chi connectivity index (χ1v) is 6.46. The Bertz CT molecular complexity index is 637. The Morgan fingerprint density at radius 2 is 2.11 bits per heavy atom. The Labute approximate surface area is 119 Å². The first kappa shape index (κ1) is 13.6. The van der Waals surface area contributed by atoms with E-state index in [1.807, 2.05) is 6.07 Å². The number of benzene rings is 1. The molecule has 0 spiro atoms. The summed E-state index contributed by atoms with van der Waals surface area (Å²) in [5.41, 5.74) is 7.63. The van der Waals surface area contributed by atoms with Crippen molar-refractivity contribution in [3.8, 4) is 0 Å². The van der Waals surface area contributed by atoms with E-state index in [1.165, 1.54) is 4.90 Å². The van der Waals surface area contributed by atoms with E-state index in [1.54, 1.807) is 33.0 Å². The molecule has 0 atom stereocenters. The topological polar surface area (TPSA) is 72.4 Å². The molecule has 0 aliphatic carbocycles. The van der Waals surface area contributed by atoms with E-state index < -0.39 is 0 Å². The van der Waals surface area contributed by atoms with Gasteiger partial charge in [0.1, 0.15) is 0 Å².